The van der Waals surface area contributed by atoms with Gasteiger partial charge in [0, 0.05) is 39.3 Å². The average molecular weight is 1850 g/mol. The van der Waals surface area contributed by atoms with Crippen molar-refractivity contribution in [2.45, 2.75) is 169 Å². The summed E-state index contributed by atoms with van der Waals surface area (Å²) in [5.41, 5.74) is 14.3. The zero-order valence-electron chi connectivity index (χ0n) is 78.2. The highest BCUT2D eigenvalue weighted by Crippen LogP contribution is 2.38. The standard InChI is InChI=1S/2C26H24N2O4.2C20H28N2O4.C14H16N2O4/c2*29-25-27(23(17-31-25)19-9-3-1-4-10-19)15-21-13-7-8-14-22(21)16-28-24(18-32-26(28)30)20-11-5-2-6-12-20;2*1-13(2)17-11-25-19(23)21(17)9-15-7-5-6-8-16(15)10-22-18(14(3)4)12-26-20(22)24;17-13-15(5-7-19-13)9-11-3-1-2-4-12(11)10-16-6-8-20-14(16)18/h2*1-14,23-24H,15-18H2;2*5-8,13-14,17-18H,9-12H2,1-4H3;1-4H,5-10H2/t2*23-,24-;2*17-,18-;/m1010./s1. The Kier molecular flexibility index (Phi) is 32.0. The van der Waals surface area contributed by atoms with Crippen LogP contribution in [0, 0.1) is 23.7 Å². The van der Waals surface area contributed by atoms with Gasteiger partial charge < -0.3 is 57.2 Å². The third-order valence-corrected chi connectivity index (χ3v) is 26.5. The largest absolute Gasteiger partial charge is 0.448 e. The van der Waals surface area contributed by atoms with Gasteiger partial charge in [0.1, 0.15) is 66.1 Å². The molecule has 10 aliphatic heterocycles. The maximum absolute atomic E-state index is 12.5. The first-order valence-electron chi connectivity index (χ1n) is 46.8. The zero-order valence-corrected chi connectivity index (χ0v) is 78.2. The van der Waals surface area contributed by atoms with Crippen molar-refractivity contribution in [1.29, 1.82) is 0 Å². The third-order valence-electron chi connectivity index (χ3n) is 26.5. The van der Waals surface area contributed by atoms with E-state index in [1.54, 1.807) is 49.0 Å². The van der Waals surface area contributed by atoms with Crippen molar-refractivity contribution >= 4 is 60.9 Å². The van der Waals surface area contributed by atoms with E-state index in [1.807, 2.05) is 243 Å². The number of amides is 10. The van der Waals surface area contributed by atoms with Gasteiger partial charge in [-0.05, 0) is 102 Å². The quantitative estimate of drug-likeness (QED) is 0.0411. The molecule has 8 atom stereocenters. The molecule has 0 aromatic heterocycles. The summed E-state index contributed by atoms with van der Waals surface area (Å²) in [4.78, 5) is 139. The number of hydrogen-bond donors (Lipinski definition) is 0. The van der Waals surface area contributed by atoms with E-state index in [0.717, 1.165) is 77.9 Å². The Morgan fingerprint density at radius 2 is 0.360 bits per heavy atom. The molecule has 0 spiro atoms. The van der Waals surface area contributed by atoms with Crippen molar-refractivity contribution in [3.63, 3.8) is 0 Å². The van der Waals surface area contributed by atoms with Crippen LogP contribution < -0.4 is 0 Å². The Bertz CT molecular complexity index is 5010. The molecule has 9 aromatic carbocycles. The molecule has 10 fully saturated rings. The van der Waals surface area contributed by atoms with E-state index >= 15 is 0 Å². The molecule has 10 aliphatic rings. The molecule has 10 saturated heterocycles. The average Bonchev–Trinajstić information content (AvgIpc) is 1.64. The van der Waals surface area contributed by atoms with Crippen LogP contribution in [0.25, 0.3) is 0 Å². The first kappa shape index (κ1) is 96.3. The second-order valence-corrected chi connectivity index (χ2v) is 36.5. The first-order chi connectivity index (χ1) is 65.9. The normalized spacial score (nSPS) is 21.1. The predicted octanol–water partition coefficient (Wildman–Crippen LogP) is 19.0. The fourth-order valence-corrected chi connectivity index (χ4v) is 18.5. The summed E-state index contributed by atoms with van der Waals surface area (Å²) in [6.07, 6.45) is -2.90. The van der Waals surface area contributed by atoms with Gasteiger partial charge in [0.15, 0.2) is 0 Å². The lowest BCUT2D eigenvalue weighted by molar-refractivity contribution is 0.151. The number of rotatable bonds is 28. The lowest BCUT2D eigenvalue weighted by Crippen LogP contribution is -2.38. The lowest BCUT2D eigenvalue weighted by atomic mass is 10.0. The summed E-state index contributed by atoms with van der Waals surface area (Å²) in [5, 5.41) is 0. The van der Waals surface area contributed by atoms with Crippen molar-refractivity contribution in [1.82, 2.24) is 49.0 Å². The van der Waals surface area contributed by atoms with E-state index < -0.39 is 0 Å². The number of nitrogens with zero attached hydrogens (tertiary/aromatic N) is 10. The van der Waals surface area contributed by atoms with Crippen molar-refractivity contribution in [2.24, 2.45) is 23.7 Å². The summed E-state index contributed by atoms with van der Waals surface area (Å²) in [6, 6.07) is 79.0. The second-order valence-electron chi connectivity index (χ2n) is 36.5. The third kappa shape index (κ3) is 23.4. The van der Waals surface area contributed by atoms with Crippen molar-refractivity contribution in [3.05, 3.63) is 321 Å². The molecule has 19 rings (SSSR count). The van der Waals surface area contributed by atoms with E-state index in [4.69, 9.17) is 47.4 Å². The van der Waals surface area contributed by atoms with Gasteiger partial charge in [-0.15, -0.1) is 0 Å². The molecule has 714 valence electrons. The van der Waals surface area contributed by atoms with Gasteiger partial charge in [-0.3, -0.25) is 39.2 Å². The minimum absolute atomic E-state index is 0.0794. The minimum atomic E-state index is -0.323. The smallest absolute Gasteiger partial charge is 0.410 e. The monoisotopic (exact) mass is 1850 g/mol. The summed E-state index contributed by atoms with van der Waals surface area (Å²) < 4.78 is 52.4. The Morgan fingerprint density at radius 3 is 0.537 bits per heavy atom. The molecule has 9 aromatic rings. The number of benzene rings is 9. The highest BCUT2D eigenvalue weighted by atomic mass is 16.6. The molecule has 30 nitrogen and oxygen atoms in total. The number of carbonyl (C=O) groups excluding carboxylic acids is 10. The van der Waals surface area contributed by atoms with Crippen molar-refractivity contribution < 1.29 is 95.3 Å². The molecular formula is C106H120N10O20. The molecule has 0 unspecified atom stereocenters. The lowest BCUT2D eigenvalue weighted by Gasteiger charge is -2.28. The van der Waals surface area contributed by atoms with E-state index in [1.165, 1.54) is 0 Å². The SMILES string of the molecule is CC(C)[C@@H]1COC(=O)N1Cc1ccccc1CN1C(=O)OC[C@H]1C(C)C.CC(C)[C@H]1COC(=O)N1Cc1ccccc1CN1C(=O)OC[C@@H]1C(C)C.O=C1OCCN1Cc1ccccc1CN1CCOC1=O.O=C1OC[C@@H](c2ccccc2)N1Cc1ccccc1CN1C(=O)OC[C@H]1c1ccccc1.O=C1OC[C@H](c2ccccc2)N1Cc1ccccc1CN1C(=O)OC[C@@H]1c1ccccc1. The Morgan fingerprint density at radius 1 is 0.199 bits per heavy atom. The fourth-order valence-electron chi connectivity index (χ4n) is 18.5. The highest BCUT2D eigenvalue weighted by molar-refractivity contribution is 5.76. The Balaban J connectivity index is 0.000000130. The number of ether oxygens (including phenoxy) is 10. The van der Waals surface area contributed by atoms with Crippen molar-refractivity contribution in [3.8, 4) is 0 Å². The molecule has 10 heterocycles. The molecule has 30 heteroatoms. The van der Waals surface area contributed by atoms with Gasteiger partial charge in [0.2, 0.25) is 0 Å². The molecule has 0 aliphatic carbocycles. The van der Waals surface area contributed by atoms with Gasteiger partial charge >= 0.3 is 60.9 Å². The summed E-state index contributed by atoms with van der Waals surface area (Å²) in [7, 11) is 0. The Hall–Kier alpha value is -14.3. The number of cyclic esters (lactones) is 10. The molecule has 136 heavy (non-hydrogen) atoms. The summed E-state index contributed by atoms with van der Waals surface area (Å²) in [6.45, 7) is 26.6. The molecule has 0 saturated carbocycles. The van der Waals surface area contributed by atoms with Crippen LogP contribution >= 0.6 is 0 Å². The predicted molar refractivity (Wildman–Crippen MR) is 502 cm³/mol. The van der Waals surface area contributed by atoms with Crippen LogP contribution in [0.15, 0.2) is 243 Å². The molecule has 0 N–H and O–H groups in total. The van der Waals surface area contributed by atoms with E-state index in [0.29, 0.717) is 168 Å². The van der Waals surface area contributed by atoms with Crippen LogP contribution in [-0.4, -0.2) is 213 Å². The van der Waals surface area contributed by atoms with Crippen LogP contribution in [0.4, 0.5) is 47.9 Å². The van der Waals surface area contributed by atoms with Gasteiger partial charge in [0.25, 0.3) is 0 Å². The fraction of sp³-hybridized carbons (Fsp3) is 0.396. The van der Waals surface area contributed by atoms with Crippen LogP contribution in [0.2, 0.25) is 0 Å². The first-order valence-corrected chi connectivity index (χ1v) is 46.8. The molecule has 0 bridgehead atoms. The van der Waals surface area contributed by atoms with E-state index in [2.05, 4.69) is 55.4 Å². The van der Waals surface area contributed by atoms with Crippen LogP contribution in [-0.2, 0) is 113 Å². The number of carbonyl (C=O) groups is 10. The highest BCUT2D eigenvalue weighted by Gasteiger charge is 2.44. The number of hydrogen-bond acceptors (Lipinski definition) is 20. The summed E-state index contributed by atoms with van der Waals surface area (Å²) >= 11 is 0. The topological polar surface area (TPSA) is 295 Å². The zero-order chi connectivity index (χ0) is 95.5. The second kappa shape index (κ2) is 45.1. The minimum Gasteiger partial charge on any atom is -0.448 e. The molecular weight excluding hydrogens is 1730 g/mol. The van der Waals surface area contributed by atoms with Gasteiger partial charge in [-0.1, -0.05) is 298 Å². The summed E-state index contributed by atoms with van der Waals surface area (Å²) in [5.74, 6) is 1.31. The molecule has 0 radical (unpaired) electrons. The van der Waals surface area contributed by atoms with Gasteiger partial charge in [0.05, 0.1) is 87.6 Å². The van der Waals surface area contributed by atoms with Crippen LogP contribution in [0.3, 0.4) is 0 Å². The van der Waals surface area contributed by atoms with Gasteiger partial charge in [-0.2, -0.15) is 0 Å². The van der Waals surface area contributed by atoms with E-state index in [-0.39, 0.29) is 109 Å². The van der Waals surface area contributed by atoms with Crippen LogP contribution in [0.5, 0.6) is 0 Å². The van der Waals surface area contributed by atoms with E-state index in [9.17, 15) is 47.9 Å². The Labute approximate surface area is 793 Å². The maximum Gasteiger partial charge on any atom is 0.410 e. The van der Waals surface area contributed by atoms with Gasteiger partial charge in [-0.25, -0.2) is 47.9 Å². The van der Waals surface area contributed by atoms with Crippen LogP contribution in [0.1, 0.15) is 157 Å². The molecule has 10 amide bonds. The maximum atomic E-state index is 12.5. The van der Waals surface area contributed by atoms with Crippen molar-refractivity contribution in [2.75, 3.05) is 79.2 Å².